The molecule has 0 bridgehead atoms. The Morgan fingerprint density at radius 2 is 1.48 bits per heavy atom. The summed E-state index contributed by atoms with van der Waals surface area (Å²) in [6.07, 6.45) is 7.05. The molecule has 1 N–H and O–H groups in total. The van der Waals surface area contributed by atoms with Crippen molar-refractivity contribution in [2.75, 3.05) is 26.2 Å². The number of nitriles is 1. The van der Waals surface area contributed by atoms with Gasteiger partial charge in [-0.05, 0) is 86.1 Å². The lowest BCUT2D eigenvalue weighted by molar-refractivity contribution is 0.163. The van der Waals surface area contributed by atoms with Gasteiger partial charge >= 0.3 is 0 Å². The minimum absolute atomic E-state index is 0.222. The number of nitrogens with zero attached hydrogens (tertiary/aromatic N) is 3. The Balaban J connectivity index is 0.000000221. The maximum atomic E-state index is 8.84. The lowest BCUT2D eigenvalue weighted by Gasteiger charge is -2.32. The van der Waals surface area contributed by atoms with Gasteiger partial charge in [0.15, 0.2) is 0 Å². The predicted octanol–water partition coefficient (Wildman–Crippen LogP) is 4.90. The van der Waals surface area contributed by atoms with Crippen LogP contribution in [-0.2, 0) is 0 Å². The van der Waals surface area contributed by atoms with Crippen LogP contribution in [0.4, 0.5) is 0 Å². The molecular formula is C25H48N4. The summed E-state index contributed by atoms with van der Waals surface area (Å²) in [6.45, 7) is 22.8. The molecule has 3 aliphatic rings. The van der Waals surface area contributed by atoms with Crippen LogP contribution in [0.25, 0.3) is 0 Å². The minimum atomic E-state index is 0.222. The average molecular weight is 405 g/mol. The summed E-state index contributed by atoms with van der Waals surface area (Å²) in [4.78, 5) is 5.04. The number of likely N-dealkylation sites (tertiary alicyclic amines) is 2. The van der Waals surface area contributed by atoms with Crippen LogP contribution in [0.15, 0.2) is 0 Å². The van der Waals surface area contributed by atoms with Crippen LogP contribution in [0, 0.1) is 29.1 Å². The van der Waals surface area contributed by atoms with Crippen LogP contribution < -0.4 is 5.32 Å². The first kappa shape index (κ1) is 24.6. The van der Waals surface area contributed by atoms with Crippen LogP contribution >= 0.6 is 0 Å². The smallest absolute Gasteiger partial charge is 0.0672 e. The van der Waals surface area contributed by atoms with Crippen molar-refractivity contribution in [2.24, 2.45) is 17.8 Å². The molecule has 0 aromatic heterocycles. The summed E-state index contributed by atoms with van der Waals surface area (Å²) in [6, 6.07) is 3.89. The SMILES string of the molecule is CC(NC1CCCC1)C1CCN(C(C)(C)C)C1.CC1CN(C(C)(C)C)CC1C#N. The van der Waals surface area contributed by atoms with Crippen LogP contribution in [0.2, 0.25) is 0 Å². The highest BCUT2D eigenvalue weighted by atomic mass is 15.2. The highest BCUT2D eigenvalue weighted by molar-refractivity contribution is 4.98. The molecule has 1 saturated carbocycles. The fourth-order valence-corrected chi connectivity index (χ4v) is 5.09. The van der Waals surface area contributed by atoms with E-state index in [0.717, 1.165) is 25.0 Å². The third-order valence-electron chi connectivity index (χ3n) is 7.46. The van der Waals surface area contributed by atoms with E-state index in [4.69, 9.17) is 5.26 Å². The second-order valence-electron chi connectivity index (χ2n) is 11.9. The Bertz CT molecular complexity index is 532. The van der Waals surface area contributed by atoms with Gasteiger partial charge in [0.1, 0.15) is 0 Å². The van der Waals surface area contributed by atoms with Crippen molar-refractivity contribution < 1.29 is 0 Å². The van der Waals surface area contributed by atoms with Gasteiger partial charge in [-0.2, -0.15) is 5.26 Å². The summed E-state index contributed by atoms with van der Waals surface area (Å²) < 4.78 is 0. The summed E-state index contributed by atoms with van der Waals surface area (Å²) in [5.41, 5.74) is 0.571. The summed E-state index contributed by atoms with van der Waals surface area (Å²) in [5, 5.41) is 12.7. The maximum absolute atomic E-state index is 8.84. The molecule has 1 aliphatic carbocycles. The van der Waals surface area contributed by atoms with Crippen LogP contribution in [-0.4, -0.2) is 59.1 Å². The van der Waals surface area contributed by atoms with Crippen molar-refractivity contribution >= 4 is 0 Å². The topological polar surface area (TPSA) is 42.3 Å². The Morgan fingerprint density at radius 3 is 1.90 bits per heavy atom. The standard InChI is InChI=1S/C15H30N2.C10H18N2/c1-12(16-14-7-5-6-8-14)13-9-10-17(11-13)15(2,3)4;1-8-6-12(10(2,3)4)7-9(8)5-11/h12-14,16H,5-11H2,1-4H3;8-9H,6-7H2,1-4H3. The van der Waals surface area contributed by atoms with Gasteiger partial charge in [0.2, 0.25) is 0 Å². The first-order valence-corrected chi connectivity index (χ1v) is 12.1. The van der Waals surface area contributed by atoms with E-state index in [1.165, 1.54) is 45.2 Å². The molecule has 3 fully saturated rings. The second kappa shape index (κ2) is 10.1. The first-order valence-electron chi connectivity index (χ1n) is 12.1. The van der Waals surface area contributed by atoms with Gasteiger partial charge in [-0.25, -0.2) is 0 Å². The van der Waals surface area contributed by atoms with Gasteiger partial charge in [0, 0.05) is 42.8 Å². The number of hydrogen-bond acceptors (Lipinski definition) is 4. The van der Waals surface area contributed by atoms with E-state index in [1.807, 2.05) is 0 Å². The van der Waals surface area contributed by atoms with E-state index >= 15 is 0 Å². The van der Waals surface area contributed by atoms with Gasteiger partial charge in [-0.15, -0.1) is 0 Å². The fraction of sp³-hybridized carbons (Fsp3) is 0.960. The van der Waals surface area contributed by atoms with E-state index < -0.39 is 0 Å². The molecule has 0 spiro atoms. The predicted molar refractivity (Wildman–Crippen MR) is 124 cm³/mol. The molecule has 0 radical (unpaired) electrons. The molecule has 2 aliphatic heterocycles. The summed E-state index contributed by atoms with van der Waals surface area (Å²) in [7, 11) is 0. The molecular weight excluding hydrogens is 356 g/mol. The zero-order valence-electron chi connectivity index (χ0n) is 20.6. The van der Waals surface area contributed by atoms with Crippen molar-refractivity contribution in [3.8, 4) is 6.07 Å². The van der Waals surface area contributed by atoms with E-state index in [2.05, 4.69) is 76.6 Å². The monoisotopic (exact) mass is 404 g/mol. The zero-order valence-corrected chi connectivity index (χ0v) is 20.6. The van der Waals surface area contributed by atoms with E-state index in [0.29, 0.717) is 17.5 Å². The van der Waals surface area contributed by atoms with Gasteiger partial charge in [0.25, 0.3) is 0 Å². The Labute approximate surface area is 181 Å². The summed E-state index contributed by atoms with van der Waals surface area (Å²) in [5.74, 6) is 1.63. The quantitative estimate of drug-likeness (QED) is 0.726. The molecule has 0 aromatic rings. The maximum Gasteiger partial charge on any atom is 0.0672 e. The third-order valence-corrected chi connectivity index (χ3v) is 7.46. The molecule has 4 nitrogen and oxygen atoms in total. The largest absolute Gasteiger partial charge is 0.311 e. The molecule has 2 heterocycles. The number of nitrogens with one attached hydrogen (secondary N) is 1. The first-order chi connectivity index (χ1) is 13.4. The van der Waals surface area contributed by atoms with Crippen LogP contribution in [0.5, 0.6) is 0 Å². The van der Waals surface area contributed by atoms with Gasteiger partial charge < -0.3 is 5.32 Å². The number of hydrogen-bond donors (Lipinski definition) is 1. The molecule has 4 unspecified atom stereocenters. The molecule has 2 saturated heterocycles. The normalized spacial score (nSPS) is 30.8. The highest BCUT2D eigenvalue weighted by Crippen LogP contribution is 2.29. The Kier molecular flexibility index (Phi) is 8.60. The van der Waals surface area contributed by atoms with Crippen molar-refractivity contribution in [2.45, 2.75) is 111 Å². The number of rotatable bonds is 3. The Morgan fingerprint density at radius 1 is 0.897 bits per heavy atom. The highest BCUT2D eigenvalue weighted by Gasteiger charge is 2.35. The van der Waals surface area contributed by atoms with Crippen molar-refractivity contribution in [3.05, 3.63) is 0 Å². The average Bonchev–Trinajstić information content (AvgIpc) is 3.34. The molecule has 0 aromatic carbocycles. The fourth-order valence-electron chi connectivity index (χ4n) is 5.09. The molecule has 29 heavy (non-hydrogen) atoms. The van der Waals surface area contributed by atoms with Gasteiger partial charge in [0.05, 0.1) is 12.0 Å². The van der Waals surface area contributed by atoms with Crippen molar-refractivity contribution in [1.82, 2.24) is 15.1 Å². The van der Waals surface area contributed by atoms with Crippen molar-refractivity contribution in [1.29, 1.82) is 5.26 Å². The van der Waals surface area contributed by atoms with E-state index in [1.54, 1.807) is 0 Å². The van der Waals surface area contributed by atoms with Crippen molar-refractivity contribution in [3.63, 3.8) is 0 Å². The van der Waals surface area contributed by atoms with E-state index in [-0.39, 0.29) is 11.5 Å². The van der Waals surface area contributed by atoms with Gasteiger partial charge in [-0.1, -0.05) is 19.8 Å². The molecule has 4 heteroatoms. The second-order valence-corrected chi connectivity index (χ2v) is 11.9. The lowest BCUT2D eigenvalue weighted by Crippen LogP contribution is -2.43. The molecule has 168 valence electrons. The summed E-state index contributed by atoms with van der Waals surface area (Å²) >= 11 is 0. The lowest BCUT2D eigenvalue weighted by atomic mass is 9.99. The molecule has 3 rings (SSSR count). The Hall–Kier alpha value is -0.630. The third kappa shape index (κ3) is 7.23. The van der Waals surface area contributed by atoms with Gasteiger partial charge in [-0.3, -0.25) is 9.80 Å². The van der Waals surface area contributed by atoms with E-state index in [9.17, 15) is 0 Å². The minimum Gasteiger partial charge on any atom is -0.311 e. The molecule has 4 atom stereocenters. The van der Waals surface area contributed by atoms with Crippen LogP contribution in [0.3, 0.4) is 0 Å². The zero-order chi connectivity index (χ0) is 21.8. The molecule has 0 amide bonds. The van der Waals surface area contributed by atoms with Crippen LogP contribution in [0.1, 0.15) is 87.5 Å².